The molecule has 0 rings (SSSR count). The number of rotatable bonds is 3. The number of nitrogens with one attached hydrogen (secondary N) is 2. The first kappa shape index (κ1) is 10.8. The lowest BCUT2D eigenvalue weighted by molar-refractivity contribution is 0.229. The molecule has 0 aromatic heterocycles. The number of nitrogens with zero attached hydrogens (tertiary/aromatic N) is 2. The van der Waals surface area contributed by atoms with Gasteiger partial charge in [0.15, 0.2) is 0 Å². The summed E-state index contributed by atoms with van der Waals surface area (Å²) in [6.07, 6.45) is 4.72. The van der Waals surface area contributed by atoms with Crippen molar-refractivity contribution in [1.29, 1.82) is 0 Å². The molecule has 0 saturated heterocycles. The maximum Gasteiger partial charge on any atom is 0.330 e. The van der Waals surface area contributed by atoms with Crippen molar-refractivity contribution in [2.75, 3.05) is 14.1 Å². The number of amides is 2. The van der Waals surface area contributed by atoms with E-state index in [9.17, 15) is 4.79 Å². The Hall–Kier alpha value is -1.17. The third kappa shape index (κ3) is 4.62. The number of thiol groups is 1. The lowest BCUT2D eigenvalue weighted by atomic mass is 10.6. The number of hydrogen-bond donors (Lipinski definition) is 3. The standard InChI is InChI=1S/C6H12N4OS/c1-7-8-4-3-5-10(2)6(11)9-12/h3-5,7,12H,1-2H3,(H,9,11)/b5-3-,8-4-. The van der Waals surface area contributed by atoms with Gasteiger partial charge in [-0.15, -0.1) is 0 Å². The molecule has 0 aliphatic heterocycles. The molecule has 0 heterocycles. The summed E-state index contributed by atoms with van der Waals surface area (Å²) in [5, 5.41) is 3.69. The predicted octanol–water partition coefficient (Wildman–Crippen LogP) is 0.191. The summed E-state index contributed by atoms with van der Waals surface area (Å²) in [5.74, 6) is 0. The van der Waals surface area contributed by atoms with E-state index in [1.165, 1.54) is 11.1 Å². The fourth-order valence-corrected chi connectivity index (χ4v) is 0.589. The van der Waals surface area contributed by atoms with Crippen LogP contribution in [-0.2, 0) is 0 Å². The van der Waals surface area contributed by atoms with Crippen molar-refractivity contribution in [3.63, 3.8) is 0 Å². The average molecular weight is 188 g/mol. The molecule has 6 heteroatoms. The molecule has 0 bridgehead atoms. The Bertz CT molecular complexity index is 192. The van der Waals surface area contributed by atoms with Gasteiger partial charge in [0.2, 0.25) is 0 Å². The first-order valence-electron chi connectivity index (χ1n) is 3.26. The van der Waals surface area contributed by atoms with Crippen LogP contribution >= 0.6 is 12.8 Å². The van der Waals surface area contributed by atoms with Crippen molar-refractivity contribution >= 4 is 25.1 Å². The second-order valence-electron chi connectivity index (χ2n) is 1.87. The average Bonchev–Trinajstić information content (AvgIpc) is 2.10. The van der Waals surface area contributed by atoms with Crippen LogP contribution in [0.1, 0.15) is 0 Å². The highest BCUT2D eigenvalue weighted by Gasteiger charge is 1.99. The van der Waals surface area contributed by atoms with Crippen molar-refractivity contribution in [2.24, 2.45) is 5.10 Å². The smallest absolute Gasteiger partial charge is 0.313 e. The van der Waals surface area contributed by atoms with Gasteiger partial charge in [0.05, 0.1) is 0 Å². The third-order valence-corrected chi connectivity index (χ3v) is 1.21. The zero-order valence-electron chi connectivity index (χ0n) is 6.98. The minimum absolute atomic E-state index is 0.299. The fourth-order valence-electron chi connectivity index (χ4n) is 0.432. The molecule has 12 heavy (non-hydrogen) atoms. The SMILES string of the molecule is CN/N=C\C=C/N(C)C(=O)NS. The summed E-state index contributed by atoms with van der Waals surface area (Å²) < 4.78 is 2.18. The van der Waals surface area contributed by atoms with Crippen LogP contribution in [0, 0.1) is 0 Å². The summed E-state index contributed by atoms with van der Waals surface area (Å²) in [6.45, 7) is 0. The van der Waals surface area contributed by atoms with Gasteiger partial charge in [-0.1, -0.05) is 12.8 Å². The summed E-state index contributed by atoms with van der Waals surface area (Å²) in [4.78, 5) is 12.1. The van der Waals surface area contributed by atoms with E-state index in [0.29, 0.717) is 0 Å². The Morgan fingerprint density at radius 3 is 2.83 bits per heavy atom. The second kappa shape index (κ2) is 6.53. The van der Waals surface area contributed by atoms with Gasteiger partial charge in [-0.05, 0) is 6.08 Å². The number of carbonyl (C=O) groups is 1. The maximum atomic E-state index is 10.8. The molecule has 0 saturated carbocycles. The van der Waals surface area contributed by atoms with E-state index in [1.807, 2.05) is 0 Å². The van der Waals surface area contributed by atoms with Crippen molar-refractivity contribution in [3.05, 3.63) is 12.3 Å². The highest BCUT2D eigenvalue weighted by atomic mass is 32.1. The molecule has 0 fully saturated rings. The van der Waals surface area contributed by atoms with Gasteiger partial charge >= 0.3 is 6.03 Å². The van der Waals surface area contributed by atoms with E-state index in [0.717, 1.165) is 0 Å². The molecular formula is C6H12N4OS. The molecule has 0 unspecified atom stereocenters. The van der Waals surface area contributed by atoms with Crippen LogP contribution in [0.5, 0.6) is 0 Å². The predicted molar refractivity (Wildman–Crippen MR) is 52.0 cm³/mol. The van der Waals surface area contributed by atoms with Gasteiger partial charge in [0.1, 0.15) is 0 Å². The minimum atomic E-state index is -0.299. The molecule has 0 radical (unpaired) electrons. The van der Waals surface area contributed by atoms with Gasteiger partial charge in [0, 0.05) is 26.5 Å². The van der Waals surface area contributed by atoms with Gasteiger partial charge in [-0.25, -0.2) is 4.79 Å². The Kier molecular flexibility index (Phi) is 5.90. The number of urea groups is 1. The topological polar surface area (TPSA) is 56.7 Å². The zero-order valence-corrected chi connectivity index (χ0v) is 7.88. The van der Waals surface area contributed by atoms with Crippen molar-refractivity contribution in [3.8, 4) is 0 Å². The molecule has 0 spiro atoms. The molecule has 2 N–H and O–H groups in total. The third-order valence-electron chi connectivity index (χ3n) is 1.02. The molecule has 2 amide bonds. The summed E-state index contributed by atoms with van der Waals surface area (Å²) >= 11 is 3.60. The molecule has 0 aliphatic carbocycles. The highest BCUT2D eigenvalue weighted by Crippen LogP contribution is 1.85. The maximum absolute atomic E-state index is 10.8. The van der Waals surface area contributed by atoms with Gasteiger partial charge in [-0.3, -0.25) is 4.72 Å². The fraction of sp³-hybridized carbons (Fsp3) is 0.333. The monoisotopic (exact) mass is 188 g/mol. The van der Waals surface area contributed by atoms with E-state index in [1.54, 1.807) is 26.4 Å². The van der Waals surface area contributed by atoms with Crippen LogP contribution in [0.2, 0.25) is 0 Å². The molecule has 5 nitrogen and oxygen atoms in total. The molecule has 68 valence electrons. The second-order valence-corrected chi connectivity index (χ2v) is 2.09. The molecule has 0 aliphatic rings. The number of allylic oxidation sites excluding steroid dienone is 1. The first-order chi connectivity index (χ1) is 5.72. The van der Waals surface area contributed by atoms with E-state index >= 15 is 0 Å². The Balaban J connectivity index is 3.82. The van der Waals surface area contributed by atoms with E-state index in [2.05, 4.69) is 28.1 Å². The minimum Gasteiger partial charge on any atom is -0.313 e. The summed E-state index contributed by atoms with van der Waals surface area (Å²) in [6, 6.07) is -0.299. The van der Waals surface area contributed by atoms with Gasteiger partial charge in [0.25, 0.3) is 0 Å². The van der Waals surface area contributed by atoms with Crippen molar-refractivity contribution < 1.29 is 4.79 Å². The quantitative estimate of drug-likeness (QED) is 0.336. The molecular weight excluding hydrogens is 176 g/mol. The molecule has 0 aromatic carbocycles. The van der Waals surface area contributed by atoms with Crippen molar-refractivity contribution in [2.45, 2.75) is 0 Å². The van der Waals surface area contributed by atoms with Crippen LogP contribution < -0.4 is 10.1 Å². The highest BCUT2D eigenvalue weighted by molar-refractivity contribution is 7.78. The Morgan fingerprint density at radius 1 is 1.67 bits per heavy atom. The Morgan fingerprint density at radius 2 is 2.33 bits per heavy atom. The zero-order chi connectivity index (χ0) is 9.40. The van der Waals surface area contributed by atoms with Crippen LogP contribution in [0.3, 0.4) is 0 Å². The van der Waals surface area contributed by atoms with Crippen LogP contribution in [0.15, 0.2) is 17.4 Å². The molecule has 0 aromatic rings. The van der Waals surface area contributed by atoms with E-state index < -0.39 is 0 Å². The summed E-state index contributed by atoms with van der Waals surface area (Å²) in [7, 11) is 3.30. The van der Waals surface area contributed by atoms with E-state index in [4.69, 9.17) is 0 Å². The van der Waals surface area contributed by atoms with Gasteiger partial charge in [-0.2, -0.15) is 5.10 Å². The van der Waals surface area contributed by atoms with Crippen molar-refractivity contribution in [1.82, 2.24) is 15.0 Å². The van der Waals surface area contributed by atoms with Crippen LogP contribution in [0.4, 0.5) is 4.79 Å². The number of carbonyl (C=O) groups excluding carboxylic acids is 1. The molecule has 0 atom stereocenters. The normalized spacial score (nSPS) is 10.6. The largest absolute Gasteiger partial charge is 0.330 e. The lowest BCUT2D eigenvalue weighted by Gasteiger charge is -2.08. The van der Waals surface area contributed by atoms with Crippen LogP contribution in [-0.4, -0.2) is 31.2 Å². The summed E-state index contributed by atoms with van der Waals surface area (Å²) in [5.41, 5.74) is 2.57. The first-order valence-corrected chi connectivity index (χ1v) is 3.70. The number of hydrazone groups is 1. The lowest BCUT2D eigenvalue weighted by Crippen LogP contribution is -2.27. The van der Waals surface area contributed by atoms with E-state index in [-0.39, 0.29) is 6.03 Å². The van der Waals surface area contributed by atoms with Gasteiger partial charge < -0.3 is 10.3 Å². The van der Waals surface area contributed by atoms with Crippen LogP contribution in [0.25, 0.3) is 0 Å². The Labute approximate surface area is 77.1 Å². The number of hydrogen-bond acceptors (Lipinski definition) is 4.